The second kappa shape index (κ2) is 10.7. The van der Waals surface area contributed by atoms with Crippen molar-refractivity contribution < 1.29 is 28.2 Å². The van der Waals surface area contributed by atoms with Gasteiger partial charge in [0.2, 0.25) is 11.8 Å². The standard InChI is InChI=1S/C27H30F2N4O4/c1-17(2)20-8-4-5-9-21(20)27(15-32(16-27)13-19-7-6-12-33(19)14-23(34)35)25(36)31-22-11-10-18(3)30-24(22)37-26(28)29/h4-12,17,26H,13-16H2,1-3H3,(H,31,36)(H,34,35). The van der Waals surface area contributed by atoms with E-state index in [0.717, 1.165) is 16.8 Å². The number of alkyl halides is 2. The highest BCUT2D eigenvalue weighted by Gasteiger charge is 2.51. The van der Waals surface area contributed by atoms with Gasteiger partial charge in [0.15, 0.2) is 0 Å². The van der Waals surface area contributed by atoms with Gasteiger partial charge in [0.1, 0.15) is 12.2 Å². The van der Waals surface area contributed by atoms with Crippen LogP contribution in [0.2, 0.25) is 0 Å². The molecule has 3 aromatic rings. The number of carboxylic acid groups (broad SMARTS) is 1. The van der Waals surface area contributed by atoms with Gasteiger partial charge in [-0.05, 0) is 48.2 Å². The Hall–Kier alpha value is -3.79. The van der Waals surface area contributed by atoms with E-state index in [1.54, 1.807) is 29.8 Å². The molecule has 1 saturated heterocycles. The van der Waals surface area contributed by atoms with Gasteiger partial charge in [-0.2, -0.15) is 8.78 Å². The summed E-state index contributed by atoms with van der Waals surface area (Å²) < 4.78 is 32.3. The Balaban J connectivity index is 1.64. The Bertz CT molecular complexity index is 1280. The molecule has 2 aromatic heterocycles. The van der Waals surface area contributed by atoms with Gasteiger partial charge < -0.3 is 19.7 Å². The fourth-order valence-corrected chi connectivity index (χ4v) is 4.87. The number of amides is 1. The highest BCUT2D eigenvalue weighted by molar-refractivity contribution is 6.01. The number of pyridine rings is 1. The predicted molar refractivity (Wildman–Crippen MR) is 134 cm³/mol. The molecule has 1 amide bonds. The third-order valence-corrected chi connectivity index (χ3v) is 6.58. The van der Waals surface area contributed by atoms with Crippen LogP contribution in [0.15, 0.2) is 54.7 Å². The molecule has 3 heterocycles. The van der Waals surface area contributed by atoms with E-state index in [2.05, 4.69) is 33.8 Å². The lowest BCUT2D eigenvalue weighted by Gasteiger charge is -2.50. The maximum atomic E-state index is 13.9. The zero-order valence-electron chi connectivity index (χ0n) is 20.9. The number of anilines is 1. The first-order valence-corrected chi connectivity index (χ1v) is 12.0. The monoisotopic (exact) mass is 512 g/mol. The summed E-state index contributed by atoms with van der Waals surface area (Å²) in [5.74, 6) is -1.46. The molecule has 8 nitrogen and oxygen atoms in total. The van der Waals surface area contributed by atoms with E-state index in [9.17, 15) is 23.5 Å². The number of hydrogen-bond donors (Lipinski definition) is 2. The first kappa shape index (κ1) is 26.3. The maximum absolute atomic E-state index is 13.9. The van der Waals surface area contributed by atoms with Crippen LogP contribution >= 0.6 is 0 Å². The van der Waals surface area contributed by atoms with Crippen molar-refractivity contribution >= 4 is 17.6 Å². The molecule has 0 radical (unpaired) electrons. The van der Waals surface area contributed by atoms with Crippen LogP contribution in [-0.4, -0.2) is 51.1 Å². The number of ether oxygens (including phenoxy) is 1. The Labute approximate surface area is 213 Å². The van der Waals surface area contributed by atoms with Crippen molar-refractivity contribution in [3.8, 4) is 5.88 Å². The van der Waals surface area contributed by atoms with Gasteiger partial charge in [0.25, 0.3) is 0 Å². The normalized spacial score (nSPS) is 15.0. The van der Waals surface area contributed by atoms with E-state index in [-0.39, 0.29) is 29.9 Å². The smallest absolute Gasteiger partial charge is 0.388 e. The summed E-state index contributed by atoms with van der Waals surface area (Å²) in [5.41, 5.74) is 2.33. The van der Waals surface area contributed by atoms with E-state index >= 15 is 0 Å². The largest absolute Gasteiger partial charge is 0.480 e. The first-order chi connectivity index (χ1) is 17.6. The second-order valence-corrected chi connectivity index (χ2v) is 9.63. The van der Waals surface area contributed by atoms with Crippen LogP contribution in [0.5, 0.6) is 5.88 Å². The molecular weight excluding hydrogens is 482 g/mol. The van der Waals surface area contributed by atoms with E-state index in [0.29, 0.717) is 25.3 Å². The molecule has 196 valence electrons. The molecule has 37 heavy (non-hydrogen) atoms. The number of nitrogens with zero attached hydrogens (tertiary/aromatic N) is 3. The van der Waals surface area contributed by atoms with Crippen molar-refractivity contribution in [3.63, 3.8) is 0 Å². The van der Waals surface area contributed by atoms with Crippen molar-refractivity contribution in [1.82, 2.24) is 14.5 Å². The molecule has 0 unspecified atom stereocenters. The Morgan fingerprint density at radius 2 is 1.86 bits per heavy atom. The number of carboxylic acids is 1. The fraction of sp³-hybridized carbons (Fsp3) is 0.370. The number of nitrogens with one attached hydrogen (secondary N) is 1. The van der Waals surface area contributed by atoms with Crippen LogP contribution in [-0.2, 0) is 28.1 Å². The molecule has 0 saturated carbocycles. The fourth-order valence-electron chi connectivity index (χ4n) is 4.87. The number of carbonyl (C=O) groups excluding carboxylic acids is 1. The zero-order valence-corrected chi connectivity index (χ0v) is 20.9. The minimum Gasteiger partial charge on any atom is -0.480 e. The Morgan fingerprint density at radius 3 is 2.54 bits per heavy atom. The van der Waals surface area contributed by atoms with Gasteiger partial charge in [-0.25, -0.2) is 4.98 Å². The zero-order chi connectivity index (χ0) is 26.7. The van der Waals surface area contributed by atoms with Crippen molar-refractivity contribution in [2.24, 2.45) is 0 Å². The van der Waals surface area contributed by atoms with Gasteiger partial charge in [0.05, 0.1) is 5.41 Å². The minimum absolute atomic E-state index is 0.0751. The highest BCUT2D eigenvalue weighted by atomic mass is 19.3. The van der Waals surface area contributed by atoms with Crippen molar-refractivity contribution in [2.75, 3.05) is 18.4 Å². The molecule has 0 bridgehead atoms. The Morgan fingerprint density at radius 1 is 1.14 bits per heavy atom. The lowest BCUT2D eigenvalue weighted by molar-refractivity contribution is -0.137. The number of carbonyl (C=O) groups is 2. The molecule has 0 atom stereocenters. The summed E-state index contributed by atoms with van der Waals surface area (Å²) in [5, 5.41) is 12.0. The average Bonchev–Trinajstić information content (AvgIpc) is 3.23. The second-order valence-electron chi connectivity index (χ2n) is 9.63. The van der Waals surface area contributed by atoms with Crippen LogP contribution in [0.1, 0.15) is 42.3 Å². The summed E-state index contributed by atoms with van der Waals surface area (Å²) in [6, 6.07) is 14.5. The predicted octanol–water partition coefficient (Wildman–Crippen LogP) is 4.39. The van der Waals surface area contributed by atoms with Crippen LogP contribution in [0, 0.1) is 6.92 Å². The van der Waals surface area contributed by atoms with E-state index in [1.807, 2.05) is 30.3 Å². The summed E-state index contributed by atoms with van der Waals surface area (Å²) in [7, 11) is 0. The van der Waals surface area contributed by atoms with Crippen LogP contribution < -0.4 is 10.1 Å². The topological polar surface area (TPSA) is 96.7 Å². The molecule has 0 aliphatic carbocycles. The molecule has 1 fully saturated rings. The quantitative estimate of drug-likeness (QED) is 0.418. The lowest BCUT2D eigenvalue weighted by atomic mass is 9.69. The van der Waals surface area contributed by atoms with Crippen molar-refractivity contribution in [3.05, 3.63) is 77.2 Å². The molecule has 10 heteroatoms. The summed E-state index contributed by atoms with van der Waals surface area (Å²) in [4.78, 5) is 31.2. The summed E-state index contributed by atoms with van der Waals surface area (Å²) in [6.07, 6.45) is 1.71. The number of benzene rings is 1. The molecular formula is C27H30F2N4O4. The SMILES string of the molecule is Cc1ccc(NC(=O)C2(c3ccccc3C(C)C)CN(Cc3cccn3CC(=O)O)C2)c(OC(F)F)n1. The van der Waals surface area contributed by atoms with Crippen LogP contribution in [0.3, 0.4) is 0 Å². The number of aryl methyl sites for hydroxylation is 1. The van der Waals surface area contributed by atoms with Gasteiger partial charge in [-0.3, -0.25) is 14.5 Å². The molecule has 0 spiro atoms. The van der Waals surface area contributed by atoms with E-state index in [1.165, 1.54) is 6.07 Å². The number of halogens is 2. The number of aromatic nitrogens is 2. The maximum Gasteiger partial charge on any atom is 0.388 e. The van der Waals surface area contributed by atoms with Gasteiger partial charge in [0, 0.05) is 37.2 Å². The molecule has 2 N–H and O–H groups in total. The van der Waals surface area contributed by atoms with Crippen LogP contribution in [0.25, 0.3) is 0 Å². The van der Waals surface area contributed by atoms with Crippen molar-refractivity contribution in [2.45, 2.75) is 51.8 Å². The summed E-state index contributed by atoms with van der Waals surface area (Å²) >= 11 is 0. The molecule has 4 rings (SSSR count). The van der Waals surface area contributed by atoms with Gasteiger partial charge >= 0.3 is 12.6 Å². The minimum atomic E-state index is -3.08. The van der Waals surface area contributed by atoms with Crippen LogP contribution in [0.4, 0.5) is 14.5 Å². The third-order valence-electron chi connectivity index (χ3n) is 6.58. The number of rotatable bonds is 10. The third kappa shape index (κ3) is 5.64. The molecule has 1 aromatic carbocycles. The van der Waals surface area contributed by atoms with E-state index in [4.69, 9.17) is 0 Å². The lowest BCUT2D eigenvalue weighted by Crippen LogP contribution is -2.65. The number of aliphatic carboxylic acids is 1. The summed E-state index contributed by atoms with van der Waals surface area (Å²) in [6.45, 7) is 3.72. The van der Waals surface area contributed by atoms with E-state index < -0.39 is 18.0 Å². The number of likely N-dealkylation sites (tertiary alicyclic amines) is 1. The first-order valence-electron chi connectivity index (χ1n) is 12.0. The van der Waals surface area contributed by atoms with Gasteiger partial charge in [-0.15, -0.1) is 0 Å². The average molecular weight is 513 g/mol. The van der Waals surface area contributed by atoms with Gasteiger partial charge in [-0.1, -0.05) is 38.1 Å². The highest BCUT2D eigenvalue weighted by Crippen LogP contribution is 2.41. The molecule has 1 aliphatic rings. The number of hydrogen-bond acceptors (Lipinski definition) is 5. The molecule has 1 aliphatic heterocycles. The Kier molecular flexibility index (Phi) is 7.58. The van der Waals surface area contributed by atoms with Crippen molar-refractivity contribution in [1.29, 1.82) is 0 Å².